The van der Waals surface area contributed by atoms with Gasteiger partial charge in [0.25, 0.3) is 0 Å². The first-order valence-electron chi connectivity index (χ1n) is 6.20. The fraction of sp³-hybridized carbons (Fsp3) is 0.500. The Balaban J connectivity index is 3.42. The van der Waals surface area contributed by atoms with Crippen molar-refractivity contribution in [3.05, 3.63) is 17.1 Å². The molecule has 0 spiro atoms. The predicted octanol–water partition coefficient (Wildman–Crippen LogP) is 0.351. The molecular weight excluding hydrogens is 300 g/mol. The Labute approximate surface area is 122 Å². The molecule has 1 rings (SSSR count). The van der Waals surface area contributed by atoms with Crippen molar-refractivity contribution in [1.29, 1.82) is 0 Å². The molecule has 0 radical (unpaired) electrons. The number of amides is 1. The molecule has 1 aromatic heterocycles. The molecule has 0 saturated heterocycles. The van der Waals surface area contributed by atoms with Crippen molar-refractivity contribution < 1.29 is 27.5 Å². The molecule has 118 valence electrons. The van der Waals surface area contributed by atoms with Crippen molar-refractivity contribution in [3.8, 4) is 0 Å². The van der Waals surface area contributed by atoms with Crippen molar-refractivity contribution in [3.63, 3.8) is 0 Å². The lowest BCUT2D eigenvalue weighted by Gasteiger charge is -2.19. The Morgan fingerprint density at radius 3 is 2.29 bits per heavy atom. The second-order valence-electron chi connectivity index (χ2n) is 4.33. The standard InChI is InChI=1S/C12H18N2O6S/c1-5-14(6-9(15)13-4)21(18,19)11-8(3)20-7(2)10(11)12(16)17/h5-6H2,1-4H3,(H,13,15)(H,16,17). The first-order valence-corrected chi connectivity index (χ1v) is 7.64. The van der Waals surface area contributed by atoms with E-state index in [1.807, 2.05) is 0 Å². The molecule has 1 heterocycles. The van der Waals surface area contributed by atoms with Gasteiger partial charge in [-0.25, -0.2) is 13.2 Å². The Bertz CT molecular complexity index is 662. The van der Waals surface area contributed by atoms with E-state index in [1.165, 1.54) is 20.9 Å². The van der Waals surface area contributed by atoms with Crippen molar-refractivity contribution in [1.82, 2.24) is 9.62 Å². The molecule has 1 aromatic rings. The normalized spacial score (nSPS) is 11.7. The number of furan rings is 1. The van der Waals surface area contributed by atoms with Crippen LogP contribution in [0.3, 0.4) is 0 Å². The van der Waals surface area contributed by atoms with E-state index in [2.05, 4.69) is 5.32 Å². The molecule has 0 aliphatic rings. The number of hydrogen-bond acceptors (Lipinski definition) is 5. The van der Waals surface area contributed by atoms with Crippen LogP contribution in [0.5, 0.6) is 0 Å². The van der Waals surface area contributed by atoms with E-state index in [-0.39, 0.29) is 18.1 Å². The van der Waals surface area contributed by atoms with E-state index in [0.717, 1.165) is 4.31 Å². The zero-order valence-corrected chi connectivity index (χ0v) is 13.1. The second-order valence-corrected chi connectivity index (χ2v) is 6.20. The lowest BCUT2D eigenvalue weighted by molar-refractivity contribution is -0.120. The molecule has 21 heavy (non-hydrogen) atoms. The number of sulfonamides is 1. The molecule has 0 bridgehead atoms. The molecule has 0 unspecified atom stereocenters. The van der Waals surface area contributed by atoms with E-state index in [4.69, 9.17) is 4.42 Å². The molecule has 9 heteroatoms. The minimum Gasteiger partial charge on any atom is -0.478 e. The summed E-state index contributed by atoms with van der Waals surface area (Å²) in [6.07, 6.45) is 0. The highest BCUT2D eigenvalue weighted by molar-refractivity contribution is 7.89. The van der Waals surface area contributed by atoms with Crippen molar-refractivity contribution >= 4 is 21.9 Å². The van der Waals surface area contributed by atoms with E-state index in [9.17, 15) is 23.1 Å². The van der Waals surface area contributed by atoms with Gasteiger partial charge < -0.3 is 14.8 Å². The quantitative estimate of drug-likeness (QED) is 0.781. The van der Waals surface area contributed by atoms with Crippen LogP contribution in [0.4, 0.5) is 0 Å². The summed E-state index contributed by atoms with van der Waals surface area (Å²) in [5, 5.41) is 11.5. The first-order chi connectivity index (χ1) is 9.66. The Kier molecular flexibility index (Phi) is 5.13. The fourth-order valence-electron chi connectivity index (χ4n) is 1.96. The topological polar surface area (TPSA) is 117 Å². The third-order valence-electron chi connectivity index (χ3n) is 2.97. The number of rotatable bonds is 6. The molecule has 0 atom stereocenters. The summed E-state index contributed by atoms with van der Waals surface area (Å²) in [5.41, 5.74) is -0.400. The molecule has 2 N–H and O–H groups in total. The van der Waals surface area contributed by atoms with Crippen LogP contribution in [-0.4, -0.2) is 49.8 Å². The van der Waals surface area contributed by atoms with Gasteiger partial charge in [0.1, 0.15) is 22.0 Å². The lowest BCUT2D eigenvalue weighted by Crippen LogP contribution is -2.40. The average Bonchev–Trinajstić information content (AvgIpc) is 2.70. The number of carbonyl (C=O) groups is 2. The molecular formula is C12H18N2O6S. The summed E-state index contributed by atoms with van der Waals surface area (Å²) in [7, 11) is -2.76. The summed E-state index contributed by atoms with van der Waals surface area (Å²) >= 11 is 0. The molecule has 8 nitrogen and oxygen atoms in total. The zero-order valence-electron chi connectivity index (χ0n) is 12.3. The number of likely N-dealkylation sites (N-methyl/N-ethyl adjacent to an activating group) is 2. The number of nitrogens with one attached hydrogen (secondary N) is 1. The van der Waals surface area contributed by atoms with Crippen molar-refractivity contribution in [2.24, 2.45) is 0 Å². The maximum Gasteiger partial charge on any atom is 0.340 e. The second kappa shape index (κ2) is 6.27. The van der Waals surface area contributed by atoms with Gasteiger partial charge in [0.2, 0.25) is 15.9 Å². The van der Waals surface area contributed by atoms with Gasteiger partial charge in [0.15, 0.2) is 0 Å². The zero-order chi connectivity index (χ0) is 16.4. The molecule has 1 amide bonds. The highest BCUT2D eigenvalue weighted by Crippen LogP contribution is 2.29. The highest BCUT2D eigenvalue weighted by atomic mass is 32.2. The molecule has 0 aliphatic carbocycles. The highest BCUT2D eigenvalue weighted by Gasteiger charge is 2.35. The summed E-state index contributed by atoms with van der Waals surface area (Å²) in [6.45, 7) is 3.95. The monoisotopic (exact) mass is 318 g/mol. The minimum atomic E-state index is -4.14. The summed E-state index contributed by atoms with van der Waals surface area (Å²) in [5.74, 6) is -1.89. The first kappa shape index (κ1) is 17.2. The number of hydrogen-bond donors (Lipinski definition) is 2. The maximum atomic E-state index is 12.6. The van der Waals surface area contributed by atoms with Gasteiger partial charge >= 0.3 is 5.97 Å². The van der Waals surface area contributed by atoms with E-state index < -0.39 is 38.9 Å². The van der Waals surface area contributed by atoms with Gasteiger partial charge in [0.05, 0.1) is 6.54 Å². The number of aromatic carboxylic acids is 1. The summed E-state index contributed by atoms with van der Waals surface area (Å²) in [4.78, 5) is 22.3. The largest absolute Gasteiger partial charge is 0.478 e. The number of nitrogens with zero attached hydrogens (tertiary/aromatic N) is 1. The van der Waals surface area contributed by atoms with Gasteiger partial charge in [-0.15, -0.1) is 0 Å². The maximum absolute atomic E-state index is 12.6. The molecule has 0 saturated carbocycles. The van der Waals surface area contributed by atoms with Crippen molar-refractivity contribution in [2.45, 2.75) is 25.7 Å². The van der Waals surface area contributed by atoms with Crippen LogP contribution in [0.2, 0.25) is 0 Å². The van der Waals surface area contributed by atoms with Gasteiger partial charge in [-0.3, -0.25) is 4.79 Å². The number of aryl methyl sites for hydroxylation is 2. The van der Waals surface area contributed by atoms with E-state index in [1.54, 1.807) is 6.92 Å². The smallest absolute Gasteiger partial charge is 0.340 e. The minimum absolute atomic E-state index is 0.00886. The summed E-state index contributed by atoms with van der Waals surface area (Å²) < 4.78 is 31.2. The van der Waals surface area contributed by atoms with Gasteiger partial charge in [-0.05, 0) is 13.8 Å². The van der Waals surface area contributed by atoms with Gasteiger partial charge in [-0.2, -0.15) is 4.31 Å². The van der Waals surface area contributed by atoms with Crippen LogP contribution in [-0.2, 0) is 14.8 Å². The van der Waals surface area contributed by atoms with Gasteiger partial charge in [0, 0.05) is 13.6 Å². The van der Waals surface area contributed by atoms with Crippen molar-refractivity contribution in [2.75, 3.05) is 20.1 Å². The molecule has 0 aliphatic heterocycles. The van der Waals surface area contributed by atoms with Crippen LogP contribution in [0.25, 0.3) is 0 Å². The number of carbonyl (C=O) groups excluding carboxylic acids is 1. The Morgan fingerprint density at radius 1 is 1.29 bits per heavy atom. The lowest BCUT2D eigenvalue weighted by atomic mass is 10.2. The van der Waals surface area contributed by atoms with E-state index in [0.29, 0.717) is 0 Å². The van der Waals surface area contributed by atoms with Gasteiger partial charge in [-0.1, -0.05) is 6.92 Å². The van der Waals surface area contributed by atoms with Crippen LogP contribution >= 0.6 is 0 Å². The number of carboxylic acid groups (broad SMARTS) is 1. The number of carboxylic acids is 1. The van der Waals surface area contributed by atoms with Crippen LogP contribution in [0.1, 0.15) is 28.8 Å². The predicted molar refractivity (Wildman–Crippen MR) is 73.6 cm³/mol. The molecule has 0 aromatic carbocycles. The molecule has 0 fully saturated rings. The SMILES string of the molecule is CCN(CC(=O)NC)S(=O)(=O)c1c(C)oc(C)c1C(=O)O. The fourth-order valence-corrected chi connectivity index (χ4v) is 3.74. The van der Waals surface area contributed by atoms with Crippen LogP contribution in [0, 0.1) is 13.8 Å². The van der Waals surface area contributed by atoms with Crippen LogP contribution < -0.4 is 5.32 Å². The third kappa shape index (κ3) is 3.24. The Morgan fingerprint density at radius 2 is 1.86 bits per heavy atom. The third-order valence-corrected chi connectivity index (χ3v) is 5.04. The summed E-state index contributed by atoms with van der Waals surface area (Å²) in [6, 6.07) is 0. The van der Waals surface area contributed by atoms with Crippen LogP contribution in [0.15, 0.2) is 9.31 Å². The Hall–Kier alpha value is -1.87. The average molecular weight is 318 g/mol. The van der Waals surface area contributed by atoms with E-state index >= 15 is 0 Å².